The fraction of sp³-hybridized carbons (Fsp3) is 0.647. The Balaban J connectivity index is 2.38. The zero-order chi connectivity index (χ0) is 13.9. The van der Waals surface area contributed by atoms with Crippen molar-refractivity contribution in [2.45, 2.75) is 40.0 Å². The van der Waals surface area contributed by atoms with Gasteiger partial charge in [-0.25, -0.2) is 0 Å². The maximum atomic E-state index is 4.25. The van der Waals surface area contributed by atoms with E-state index in [9.17, 15) is 0 Å². The average Bonchev–Trinajstić information content (AvgIpc) is 2.78. The minimum atomic E-state index is 0.410. The Morgan fingerprint density at radius 3 is 2.17 bits per heavy atom. The number of likely N-dealkylation sites (N-methyl/N-ethyl adjacent to an activating group) is 1. The monoisotopic (exact) mass is 247 g/mol. The van der Waals surface area contributed by atoms with E-state index in [1.165, 1.54) is 16.7 Å². The van der Waals surface area contributed by atoms with Gasteiger partial charge in [0.2, 0.25) is 0 Å². The Morgan fingerprint density at radius 1 is 1.17 bits per heavy atom. The van der Waals surface area contributed by atoms with Crippen LogP contribution in [0.25, 0.3) is 0 Å². The number of allylic oxidation sites excluding steroid dienone is 2. The molecule has 1 aliphatic carbocycles. The van der Waals surface area contributed by atoms with Crippen molar-refractivity contribution in [3.05, 3.63) is 36.5 Å². The van der Waals surface area contributed by atoms with Crippen molar-refractivity contribution in [3.8, 4) is 0 Å². The molecule has 0 aromatic heterocycles. The highest BCUT2D eigenvalue weighted by Crippen LogP contribution is 2.64. The molecule has 0 aliphatic heterocycles. The predicted molar refractivity (Wildman–Crippen MR) is 81.6 cm³/mol. The van der Waals surface area contributed by atoms with Crippen LogP contribution in [-0.4, -0.2) is 13.6 Å². The molecule has 1 nitrogen and oxygen atoms in total. The highest BCUT2D eigenvalue weighted by molar-refractivity contribution is 5.23. The molecule has 0 bridgehead atoms. The maximum absolute atomic E-state index is 4.25. The Kier molecular flexibility index (Phi) is 4.98. The molecule has 0 spiro atoms. The van der Waals surface area contributed by atoms with Crippen LogP contribution in [0.1, 0.15) is 40.0 Å². The molecule has 0 aromatic rings. The van der Waals surface area contributed by atoms with Crippen LogP contribution in [0.2, 0.25) is 0 Å². The summed E-state index contributed by atoms with van der Waals surface area (Å²) in [4.78, 5) is 0. The van der Waals surface area contributed by atoms with Crippen LogP contribution in [0.4, 0.5) is 0 Å². The molecule has 1 aliphatic rings. The SMILES string of the molecule is C=C(CCC(=C)CC1(C)C(C)C1C(=C)C)CNC. The fourth-order valence-electron chi connectivity index (χ4n) is 3.38. The lowest BCUT2D eigenvalue weighted by molar-refractivity contribution is 0.487. The lowest BCUT2D eigenvalue weighted by atomic mass is 9.91. The first kappa shape index (κ1) is 15.2. The molecule has 1 heteroatoms. The third kappa shape index (κ3) is 3.35. The third-order valence-electron chi connectivity index (χ3n) is 4.56. The second-order valence-electron chi connectivity index (χ2n) is 6.33. The van der Waals surface area contributed by atoms with Gasteiger partial charge in [0.1, 0.15) is 0 Å². The van der Waals surface area contributed by atoms with E-state index in [-0.39, 0.29) is 0 Å². The molecule has 102 valence electrons. The summed E-state index contributed by atoms with van der Waals surface area (Å²) in [5.74, 6) is 1.45. The van der Waals surface area contributed by atoms with Gasteiger partial charge >= 0.3 is 0 Å². The standard InChI is InChI=1S/C17H29N/c1-12(2)16-15(5)17(16,6)10-13(3)8-9-14(4)11-18-7/h15-16,18H,1,3-4,8-11H2,2,5-7H3. The van der Waals surface area contributed by atoms with Crippen LogP contribution in [0, 0.1) is 17.3 Å². The highest BCUT2D eigenvalue weighted by Gasteiger charge is 2.57. The van der Waals surface area contributed by atoms with Gasteiger partial charge in [-0.2, -0.15) is 0 Å². The van der Waals surface area contributed by atoms with Crippen LogP contribution in [0.5, 0.6) is 0 Å². The van der Waals surface area contributed by atoms with E-state index in [2.05, 4.69) is 45.8 Å². The van der Waals surface area contributed by atoms with Crippen molar-refractivity contribution >= 4 is 0 Å². The molecule has 0 heterocycles. The van der Waals surface area contributed by atoms with E-state index in [1.54, 1.807) is 0 Å². The molecule has 3 unspecified atom stereocenters. The largest absolute Gasteiger partial charge is 0.316 e. The van der Waals surface area contributed by atoms with Crippen LogP contribution in [-0.2, 0) is 0 Å². The van der Waals surface area contributed by atoms with Crippen molar-refractivity contribution in [1.82, 2.24) is 5.32 Å². The van der Waals surface area contributed by atoms with Gasteiger partial charge < -0.3 is 5.32 Å². The molecular formula is C17H29N. The van der Waals surface area contributed by atoms with Crippen LogP contribution in [0.15, 0.2) is 36.5 Å². The van der Waals surface area contributed by atoms with Crippen LogP contribution >= 0.6 is 0 Å². The molecule has 0 amide bonds. The second-order valence-corrected chi connectivity index (χ2v) is 6.33. The maximum Gasteiger partial charge on any atom is 0.0159 e. The van der Waals surface area contributed by atoms with Crippen molar-refractivity contribution in [2.75, 3.05) is 13.6 Å². The molecule has 1 fully saturated rings. The second kappa shape index (κ2) is 5.88. The van der Waals surface area contributed by atoms with Gasteiger partial charge in [0.05, 0.1) is 0 Å². The van der Waals surface area contributed by atoms with Gasteiger partial charge in [-0.05, 0) is 50.5 Å². The van der Waals surface area contributed by atoms with Crippen molar-refractivity contribution in [3.63, 3.8) is 0 Å². The van der Waals surface area contributed by atoms with Gasteiger partial charge in [-0.15, -0.1) is 0 Å². The van der Waals surface area contributed by atoms with Crippen molar-refractivity contribution in [2.24, 2.45) is 17.3 Å². The Morgan fingerprint density at radius 2 is 1.72 bits per heavy atom. The average molecular weight is 247 g/mol. The van der Waals surface area contributed by atoms with Crippen LogP contribution in [0.3, 0.4) is 0 Å². The minimum Gasteiger partial charge on any atom is -0.316 e. The van der Waals surface area contributed by atoms with Gasteiger partial charge in [-0.1, -0.05) is 50.3 Å². The molecule has 1 N–H and O–H groups in total. The molecular weight excluding hydrogens is 218 g/mol. The molecule has 1 saturated carbocycles. The van der Waals surface area contributed by atoms with Gasteiger partial charge in [-0.3, -0.25) is 0 Å². The molecule has 0 radical (unpaired) electrons. The van der Waals surface area contributed by atoms with Crippen molar-refractivity contribution < 1.29 is 0 Å². The molecule has 0 saturated heterocycles. The summed E-state index contributed by atoms with van der Waals surface area (Å²) in [7, 11) is 1.96. The lowest BCUT2D eigenvalue weighted by Gasteiger charge is -2.15. The first-order valence-electron chi connectivity index (χ1n) is 6.96. The Labute approximate surface area is 113 Å². The molecule has 1 rings (SSSR count). The summed E-state index contributed by atoms with van der Waals surface area (Å²) in [6.45, 7) is 20.2. The molecule has 3 atom stereocenters. The van der Waals surface area contributed by atoms with E-state index < -0.39 is 0 Å². The zero-order valence-corrected chi connectivity index (χ0v) is 12.6. The topological polar surface area (TPSA) is 12.0 Å². The molecule has 0 aromatic carbocycles. The summed E-state index contributed by atoms with van der Waals surface area (Å²) < 4.78 is 0. The lowest BCUT2D eigenvalue weighted by Crippen LogP contribution is -2.10. The van der Waals surface area contributed by atoms with E-state index >= 15 is 0 Å². The van der Waals surface area contributed by atoms with E-state index in [0.717, 1.165) is 31.7 Å². The number of nitrogens with one attached hydrogen (secondary N) is 1. The van der Waals surface area contributed by atoms with E-state index in [4.69, 9.17) is 0 Å². The summed E-state index contributed by atoms with van der Waals surface area (Å²) in [6.07, 6.45) is 3.27. The van der Waals surface area contributed by atoms with Crippen LogP contribution < -0.4 is 5.32 Å². The third-order valence-corrected chi connectivity index (χ3v) is 4.56. The Bertz CT molecular complexity index is 353. The van der Waals surface area contributed by atoms with E-state index in [1.807, 2.05) is 7.05 Å². The predicted octanol–water partition coefficient (Wildman–Crippen LogP) is 4.34. The summed E-state index contributed by atoms with van der Waals surface area (Å²) in [5, 5.41) is 3.14. The number of hydrogen-bond acceptors (Lipinski definition) is 1. The highest BCUT2D eigenvalue weighted by atomic mass is 14.8. The summed E-state index contributed by atoms with van der Waals surface area (Å²) in [5.41, 5.74) is 4.37. The first-order valence-corrected chi connectivity index (χ1v) is 6.96. The van der Waals surface area contributed by atoms with E-state index in [0.29, 0.717) is 11.3 Å². The fourth-order valence-corrected chi connectivity index (χ4v) is 3.38. The Hall–Kier alpha value is -0.820. The van der Waals surface area contributed by atoms with Crippen molar-refractivity contribution in [1.29, 1.82) is 0 Å². The number of rotatable bonds is 8. The quantitative estimate of drug-likeness (QED) is 0.629. The minimum absolute atomic E-state index is 0.410. The summed E-state index contributed by atoms with van der Waals surface area (Å²) in [6, 6.07) is 0. The number of hydrogen-bond donors (Lipinski definition) is 1. The zero-order valence-electron chi connectivity index (χ0n) is 12.6. The normalized spacial score (nSPS) is 30.0. The summed E-state index contributed by atoms with van der Waals surface area (Å²) >= 11 is 0. The smallest absolute Gasteiger partial charge is 0.0159 e. The first-order chi connectivity index (χ1) is 8.32. The van der Waals surface area contributed by atoms with Gasteiger partial charge in [0, 0.05) is 6.54 Å². The molecule has 18 heavy (non-hydrogen) atoms. The van der Waals surface area contributed by atoms with Gasteiger partial charge in [0.25, 0.3) is 0 Å². The van der Waals surface area contributed by atoms with Gasteiger partial charge in [0.15, 0.2) is 0 Å².